The van der Waals surface area contributed by atoms with Gasteiger partial charge in [0, 0.05) is 40.3 Å². The van der Waals surface area contributed by atoms with Crippen LogP contribution in [0, 0.1) is 0 Å². The average Bonchev–Trinajstić information content (AvgIpc) is 3.68. The lowest BCUT2D eigenvalue weighted by atomic mass is 9.98. The van der Waals surface area contributed by atoms with Gasteiger partial charge in [-0.2, -0.15) is 0 Å². The molecule has 52 heavy (non-hydrogen) atoms. The van der Waals surface area contributed by atoms with Gasteiger partial charge in [0.2, 0.25) is 0 Å². The summed E-state index contributed by atoms with van der Waals surface area (Å²) < 4.78 is 5.60. The zero-order chi connectivity index (χ0) is 35.3. The largest absolute Gasteiger partial charge is 0.135 e. The minimum Gasteiger partial charge on any atom is -0.135 e. The van der Waals surface area contributed by atoms with E-state index in [1.54, 1.807) is 0 Å². The predicted molar refractivity (Wildman–Crippen MR) is 237 cm³/mol. The van der Waals surface area contributed by atoms with Gasteiger partial charge < -0.3 is 0 Å². The topological polar surface area (TPSA) is 0 Å². The van der Waals surface area contributed by atoms with Gasteiger partial charge in [0.15, 0.2) is 0 Å². The van der Waals surface area contributed by atoms with Crippen LogP contribution >= 0.6 is 22.7 Å². The van der Waals surface area contributed by atoms with Crippen LogP contribution in [0.15, 0.2) is 84.9 Å². The first-order valence-corrected chi connectivity index (χ1v) is 22.4. The summed E-state index contributed by atoms with van der Waals surface area (Å²) >= 11 is 3.92. The molecular formula is C50H56S2. The van der Waals surface area contributed by atoms with Crippen molar-refractivity contribution in [1.29, 1.82) is 0 Å². The second-order valence-electron chi connectivity index (χ2n) is 15.8. The number of hydrogen-bond acceptors (Lipinski definition) is 2. The van der Waals surface area contributed by atoms with Crippen molar-refractivity contribution in [3.05, 3.63) is 96.1 Å². The number of fused-ring (bicyclic) bond motifs is 9. The molecule has 0 unspecified atom stereocenters. The Morgan fingerprint density at radius 2 is 0.615 bits per heavy atom. The van der Waals surface area contributed by atoms with Crippen LogP contribution in [0.1, 0.15) is 128 Å². The molecule has 268 valence electrons. The third-order valence-corrected chi connectivity index (χ3v) is 13.9. The van der Waals surface area contributed by atoms with E-state index in [4.69, 9.17) is 0 Å². The molecule has 8 aromatic rings. The fourth-order valence-corrected chi connectivity index (χ4v) is 10.9. The molecule has 0 nitrogen and oxygen atoms in total. The smallest absolute Gasteiger partial charge is 0.0361 e. The molecule has 0 N–H and O–H groups in total. The number of hydrogen-bond donors (Lipinski definition) is 0. The molecule has 0 aliphatic rings. The van der Waals surface area contributed by atoms with Crippen molar-refractivity contribution in [1.82, 2.24) is 0 Å². The molecule has 0 atom stereocenters. The molecule has 2 heteroatoms. The van der Waals surface area contributed by atoms with Gasteiger partial charge in [0.05, 0.1) is 0 Å². The van der Waals surface area contributed by atoms with Crippen molar-refractivity contribution in [3.63, 3.8) is 0 Å². The Hall–Kier alpha value is -3.46. The Labute approximate surface area is 319 Å². The molecule has 0 radical (unpaired) electrons. The maximum atomic E-state index is 2.46. The van der Waals surface area contributed by atoms with Crippen LogP contribution in [0.25, 0.3) is 72.7 Å². The number of rotatable bonds is 18. The van der Waals surface area contributed by atoms with Gasteiger partial charge in [0.1, 0.15) is 0 Å². The molecule has 0 fully saturated rings. The van der Waals surface area contributed by atoms with Gasteiger partial charge in [-0.25, -0.2) is 0 Å². The van der Waals surface area contributed by atoms with Crippen LogP contribution < -0.4 is 0 Å². The van der Waals surface area contributed by atoms with E-state index in [1.807, 2.05) is 22.7 Å². The van der Waals surface area contributed by atoms with Crippen LogP contribution in [0.5, 0.6) is 0 Å². The van der Waals surface area contributed by atoms with Crippen molar-refractivity contribution in [2.24, 2.45) is 0 Å². The fraction of sp³-hybridized carbons (Fsp3) is 0.400. The standard InChI is InChI=1S/C50H56S2/c1-3-5-7-9-11-13-15-17-19-35-21-23-37-27-43-45-29-41-34-50-46(30-42(41)33-49(45)51-47(43)31-39(37)25-35)44-28-38-24-22-36(26-40(38)32-48(44)52-50)20-18-16-14-12-10-8-6-4-2/h21-34H,3-20H2,1-2H3. The number of aryl methyl sites for hydroxylation is 2. The quantitative estimate of drug-likeness (QED) is 0.0774. The van der Waals surface area contributed by atoms with Gasteiger partial charge in [-0.05, 0) is 118 Å². The maximum Gasteiger partial charge on any atom is 0.0361 e. The van der Waals surface area contributed by atoms with Crippen molar-refractivity contribution in [3.8, 4) is 0 Å². The summed E-state index contributed by atoms with van der Waals surface area (Å²) in [7, 11) is 0. The normalized spacial score (nSPS) is 12.3. The third-order valence-electron chi connectivity index (χ3n) is 11.7. The third kappa shape index (κ3) is 7.90. The van der Waals surface area contributed by atoms with E-state index in [0.29, 0.717) is 0 Å². The summed E-state index contributed by atoms with van der Waals surface area (Å²) in [5.74, 6) is 0. The summed E-state index contributed by atoms with van der Waals surface area (Å²) in [5.41, 5.74) is 2.98. The highest BCUT2D eigenvalue weighted by Crippen LogP contribution is 2.42. The highest BCUT2D eigenvalue weighted by molar-refractivity contribution is 7.26. The molecule has 2 heterocycles. The molecular weight excluding hydrogens is 665 g/mol. The minimum absolute atomic E-state index is 1.20. The summed E-state index contributed by atoms with van der Waals surface area (Å²) in [4.78, 5) is 0. The zero-order valence-electron chi connectivity index (χ0n) is 31.6. The number of benzene rings is 6. The van der Waals surface area contributed by atoms with Gasteiger partial charge in [-0.3, -0.25) is 0 Å². The van der Waals surface area contributed by atoms with Gasteiger partial charge in [-0.15, -0.1) is 22.7 Å². The van der Waals surface area contributed by atoms with Gasteiger partial charge >= 0.3 is 0 Å². The van der Waals surface area contributed by atoms with E-state index in [0.717, 1.165) is 0 Å². The van der Waals surface area contributed by atoms with Crippen LogP contribution in [-0.4, -0.2) is 0 Å². The first kappa shape index (κ1) is 35.6. The van der Waals surface area contributed by atoms with Crippen LogP contribution in [-0.2, 0) is 12.8 Å². The molecule has 0 bridgehead atoms. The Balaban J connectivity index is 1.00. The highest BCUT2D eigenvalue weighted by atomic mass is 32.1. The molecule has 0 saturated heterocycles. The Bertz CT molecular complexity index is 2280. The van der Waals surface area contributed by atoms with Crippen molar-refractivity contribution in [2.75, 3.05) is 0 Å². The average molecular weight is 721 g/mol. The van der Waals surface area contributed by atoms with Gasteiger partial charge in [0.25, 0.3) is 0 Å². The van der Waals surface area contributed by atoms with Gasteiger partial charge in [-0.1, -0.05) is 140 Å². The molecule has 0 saturated carbocycles. The summed E-state index contributed by atoms with van der Waals surface area (Å²) in [6.45, 7) is 4.60. The molecule has 0 amide bonds. The Morgan fingerprint density at radius 3 is 0.981 bits per heavy atom. The van der Waals surface area contributed by atoms with Crippen LogP contribution in [0.4, 0.5) is 0 Å². The molecule has 0 spiro atoms. The molecule has 6 aromatic carbocycles. The highest BCUT2D eigenvalue weighted by Gasteiger charge is 2.13. The SMILES string of the molecule is CCCCCCCCCCc1ccc2cc3c(cc2c1)sc1cc2cc4c(cc2cc13)sc1cc2cc(CCCCCCCCCC)ccc2cc14. The minimum atomic E-state index is 1.20. The number of thiophene rings is 2. The van der Waals surface area contributed by atoms with E-state index < -0.39 is 0 Å². The molecule has 0 aliphatic carbocycles. The lowest BCUT2D eigenvalue weighted by molar-refractivity contribution is 0.575. The van der Waals surface area contributed by atoms with E-state index >= 15 is 0 Å². The van der Waals surface area contributed by atoms with Crippen LogP contribution in [0.2, 0.25) is 0 Å². The summed E-state index contributed by atoms with van der Waals surface area (Å²) in [6.07, 6.45) is 24.4. The fourth-order valence-electron chi connectivity index (χ4n) is 8.61. The lowest BCUT2D eigenvalue weighted by Gasteiger charge is -2.06. The molecule has 2 aromatic heterocycles. The summed E-state index contributed by atoms with van der Waals surface area (Å²) in [6, 6.07) is 34.0. The van der Waals surface area contributed by atoms with E-state index in [2.05, 4.69) is 98.8 Å². The van der Waals surface area contributed by atoms with E-state index in [9.17, 15) is 0 Å². The second-order valence-corrected chi connectivity index (χ2v) is 17.9. The lowest BCUT2D eigenvalue weighted by Crippen LogP contribution is -1.87. The predicted octanol–water partition coefficient (Wildman–Crippen LogP) is 17.2. The zero-order valence-corrected chi connectivity index (χ0v) is 33.3. The molecule has 8 rings (SSSR count). The first-order chi connectivity index (χ1) is 25.7. The second kappa shape index (κ2) is 16.7. The maximum absolute atomic E-state index is 2.46. The summed E-state index contributed by atoms with van der Waals surface area (Å²) in [5, 5.41) is 13.8. The van der Waals surface area contributed by atoms with E-state index in [-0.39, 0.29) is 0 Å². The Morgan fingerprint density at radius 1 is 0.308 bits per heavy atom. The van der Waals surface area contributed by atoms with E-state index in [1.165, 1.54) is 199 Å². The number of unbranched alkanes of at least 4 members (excludes halogenated alkanes) is 14. The monoisotopic (exact) mass is 720 g/mol. The van der Waals surface area contributed by atoms with Crippen molar-refractivity contribution in [2.45, 2.75) is 129 Å². The first-order valence-electron chi connectivity index (χ1n) is 20.8. The van der Waals surface area contributed by atoms with Crippen molar-refractivity contribution >= 4 is 95.3 Å². The Kier molecular flexibility index (Phi) is 11.4. The molecule has 0 aliphatic heterocycles. The van der Waals surface area contributed by atoms with Crippen molar-refractivity contribution < 1.29 is 0 Å². The van der Waals surface area contributed by atoms with Crippen LogP contribution in [0.3, 0.4) is 0 Å².